The number of hydrogen-bond acceptors (Lipinski definition) is 0. The van der Waals surface area contributed by atoms with E-state index in [2.05, 4.69) is 32.9 Å². The van der Waals surface area contributed by atoms with Crippen molar-refractivity contribution in [3.63, 3.8) is 0 Å². The number of hydrogen-bond donors (Lipinski definition) is 0. The quantitative estimate of drug-likeness (QED) is 0.449. The maximum Gasteiger partial charge on any atom is -0.0135 e. The van der Waals surface area contributed by atoms with Crippen LogP contribution in [0.5, 0.6) is 0 Å². The monoisotopic (exact) mass is 136 g/mol. The summed E-state index contributed by atoms with van der Waals surface area (Å²) in [6.07, 6.45) is 7.63. The Labute approximate surface area is 63.3 Å². The summed E-state index contributed by atoms with van der Waals surface area (Å²) in [7, 11) is 0. The molecule has 0 aromatic heterocycles. The van der Waals surface area contributed by atoms with E-state index in [1.807, 2.05) is 0 Å². The summed E-state index contributed by atoms with van der Waals surface area (Å²) in [5.41, 5.74) is 1.15. The van der Waals surface area contributed by atoms with Crippen molar-refractivity contribution in [3.05, 3.63) is 12.2 Å². The van der Waals surface area contributed by atoms with Gasteiger partial charge in [0.1, 0.15) is 0 Å². The van der Waals surface area contributed by atoms with Crippen LogP contribution in [0.1, 0.15) is 33.6 Å². The first-order valence-electron chi connectivity index (χ1n) is 4.21. The van der Waals surface area contributed by atoms with E-state index in [9.17, 15) is 0 Å². The van der Waals surface area contributed by atoms with Gasteiger partial charge < -0.3 is 0 Å². The Morgan fingerprint density at radius 2 is 2.00 bits per heavy atom. The maximum atomic E-state index is 2.42. The van der Waals surface area contributed by atoms with Gasteiger partial charge in [0, 0.05) is 0 Å². The van der Waals surface area contributed by atoms with E-state index in [4.69, 9.17) is 0 Å². The van der Waals surface area contributed by atoms with E-state index in [0.717, 1.165) is 5.92 Å². The third-order valence-corrected chi connectivity index (χ3v) is 3.28. The smallest absolute Gasteiger partial charge is 0.0135 e. The van der Waals surface area contributed by atoms with Crippen molar-refractivity contribution < 1.29 is 0 Å². The van der Waals surface area contributed by atoms with E-state index in [1.165, 1.54) is 12.8 Å². The molecule has 0 N–H and O–H groups in total. The first-order valence-corrected chi connectivity index (χ1v) is 4.21. The van der Waals surface area contributed by atoms with E-state index in [-0.39, 0.29) is 0 Å². The summed E-state index contributed by atoms with van der Waals surface area (Å²) in [5.74, 6) is 0.873. The minimum absolute atomic E-state index is 0.564. The van der Waals surface area contributed by atoms with Gasteiger partial charge in [0.15, 0.2) is 0 Å². The van der Waals surface area contributed by atoms with Crippen LogP contribution in [-0.4, -0.2) is 0 Å². The van der Waals surface area contributed by atoms with Crippen molar-refractivity contribution in [3.8, 4) is 0 Å². The van der Waals surface area contributed by atoms with E-state index >= 15 is 0 Å². The van der Waals surface area contributed by atoms with Gasteiger partial charge in [-0.3, -0.25) is 0 Å². The fourth-order valence-corrected chi connectivity index (χ4v) is 2.83. The third-order valence-electron chi connectivity index (χ3n) is 3.28. The van der Waals surface area contributed by atoms with Gasteiger partial charge >= 0.3 is 0 Å². The molecule has 0 heteroatoms. The van der Waals surface area contributed by atoms with Crippen molar-refractivity contribution in [1.82, 2.24) is 0 Å². The Kier molecular flexibility index (Phi) is 0.962. The number of fused-ring (bicyclic) bond motifs is 2. The van der Waals surface area contributed by atoms with Crippen LogP contribution >= 0.6 is 0 Å². The van der Waals surface area contributed by atoms with Gasteiger partial charge in [-0.05, 0) is 29.6 Å². The van der Waals surface area contributed by atoms with Crippen LogP contribution in [0.3, 0.4) is 0 Å². The zero-order valence-corrected chi connectivity index (χ0v) is 7.15. The fourth-order valence-electron chi connectivity index (χ4n) is 2.83. The second kappa shape index (κ2) is 1.49. The maximum absolute atomic E-state index is 2.42. The fraction of sp³-hybridized carbons (Fsp3) is 0.800. The molecule has 2 bridgehead atoms. The molecule has 10 heavy (non-hydrogen) atoms. The normalized spacial score (nSPS) is 48.5. The Morgan fingerprint density at radius 1 is 1.30 bits per heavy atom. The molecule has 2 aliphatic carbocycles. The lowest BCUT2D eigenvalue weighted by atomic mass is 9.77. The van der Waals surface area contributed by atoms with Gasteiger partial charge in [-0.1, -0.05) is 32.9 Å². The van der Waals surface area contributed by atoms with Gasteiger partial charge in [0.05, 0.1) is 0 Å². The molecule has 0 saturated heterocycles. The van der Waals surface area contributed by atoms with Crippen LogP contribution in [0.15, 0.2) is 12.2 Å². The first kappa shape index (κ1) is 6.45. The van der Waals surface area contributed by atoms with Crippen LogP contribution in [0, 0.1) is 16.7 Å². The standard InChI is InChI=1S/C10H16/c1-9(2)7-10(3)5-4-8(9)6-10/h4-5,8H,6-7H2,1-3H3. The molecule has 0 aromatic rings. The van der Waals surface area contributed by atoms with Gasteiger partial charge in [0.25, 0.3) is 0 Å². The lowest BCUT2D eigenvalue weighted by Gasteiger charge is -2.28. The molecule has 0 spiro atoms. The zero-order chi connectivity index (χ0) is 7.41. The SMILES string of the molecule is CC12C=CC(C1)C(C)(C)C2. The Balaban J connectivity index is 2.35. The number of rotatable bonds is 0. The highest BCUT2D eigenvalue weighted by Crippen LogP contribution is 2.58. The minimum atomic E-state index is 0.564. The summed E-state index contributed by atoms with van der Waals surface area (Å²) >= 11 is 0. The summed E-state index contributed by atoms with van der Waals surface area (Å²) in [6.45, 7) is 7.18. The molecule has 0 nitrogen and oxygen atoms in total. The van der Waals surface area contributed by atoms with Crippen LogP contribution in [0.2, 0.25) is 0 Å². The van der Waals surface area contributed by atoms with Gasteiger partial charge in [-0.2, -0.15) is 0 Å². The molecule has 0 radical (unpaired) electrons. The highest BCUT2D eigenvalue weighted by molar-refractivity contribution is 5.19. The summed E-state index contributed by atoms with van der Waals surface area (Å²) in [5, 5.41) is 0. The summed E-state index contributed by atoms with van der Waals surface area (Å²) in [6, 6.07) is 0. The largest absolute Gasteiger partial charge is 0.0843 e. The molecule has 1 saturated carbocycles. The second-order valence-corrected chi connectivity index (χ2v) is 4.99. The van der Waals surface area contributed by atoms with Gasteiger partial charge in [-0.15, -0.1) is 0 Å². The van der Waals surface area contributed by atoms with Crippen molar-refractivity contribution in [1.29, 1.82) is 0 Å². The third kappa shape index (κ3) is 0.680. The Hall–Kier alpha value is -0.260. The Bertz CT molecular complexity index is 188. The molecule has 2 unspecified atom stereocenters. The number of allylic oxidation sites excluding steroid dienone is 2. The van der Waals surface area contributed by atoms with Crippen molar-refractivity contribution in [2.45, 2.75) is 33.6 Å². The predicted octanol–water partition coefficient (Wildman–Crippen LogP) is 3.00. The van der Waals surface area contributed by atoms with Crippen LogP contribution in [0.25, 0.3) is 0 Å². The van der Waals surface area contributed by atoms with Crippen LogP contribution in [-0.2, 0) is 0 Å². The average molecular weight is 136 g/mol. The van der Waals surface area contributed by atoms with Crippen molar-refractivity contribution in [2.75, 3.05) is 0 Å². The van der Waals surface area contributed by atoms with Gasteiger partial charge in [0.2, 0.25) is 0 Å². The van der Waals surface area contributed by atoms with E-state index < -0.39 is 0 Å². The van der Waals surface area contributed by atoms with Crippen LogP contribution in [0.4, 0.5) is 0 Å². The van der Waals surface area contributed by atoms with E-state index in [0.29, 0.717) is 10.8 Å². The molecule has 0 aliphatic heterocycles. The highest BCUT2D eigenvalue weighted by atomic mass is 14.5. The zero-order valence-electron chi connectivity index (χ0n) is 7.15. The molecular weight excluding hydrogens is 120 g/mol. The lowest BCUT2D eigenvalue weighted by molar-refractivity contribution is 0.280. The molecule has 2 rings (SSSR count). The first-order chi connectivity index (χ1) is 4.52. The minimum Gasteiger partial charge on any atom is -0.0843 e. The molecule has 0 heterocycles. The molecule has 0 amide bonds. The van der Waals surface area contributed by atoms with Crippen LogP contribution < -0.4 is 0 Å². The molecule has 0 aromatic carbocycles. The topological polar surface area (TPSA) is 0 Å². The molecule has 2 aliphatic rings. The molecule has 2 atom stereocenters. The van der Waals surface area contributed by atoms with E-state index in [1.54, 1.807) is 0 Å². The molecule has 1 fully saturated rings. The van der Waals surface area contributed by atoms with Crippen molar-refractivity contribution in [2.24, 2.45) is 16.7 Å². The highest BCUT2D eigenvalue weighted by Gasteiger charge is 2.48. The second-order valence-electron chi connectivity index (χ2n) is 4.99. The lowest BCUT2D eigenvalue weighted by Crippen LogP contribution is -2.18. The summed E-state index contributed by atoms with van der Waals surface area (Å²) in [4.78, 5) is 0. The average Bonchev–Trinajstić information content (AvgIpc) is 2.16. The Morgan fingerprint density at radius 3 is 2.20 bits per heavy atom. The molecule has 56 valence electrons. The predicted molar refractivity (Wildman–Crippen MR) is 43.8 cm³/mol. The van der Waals surface area contributed by atoms with Crippen molar-refractivity contribution >= 4 is 0 Å². The molecular formula is C10H16. The van der Waals surface area contributed by atoms with Gasteiger partial charge in [-0.25, -0.2) is 0 Å². The summed E-state index contributed by atoms with van der Waals surface area (Å²) < 4.78 is 0.